The third-order valence-corrected chi connectivity index (χ3v) is 7.89. The third-order valence-electron chi connectivity index (χ3n) is 7.89. The first-order valence-corrected chi connectivity index (χ1v) is 13.8. The maximum absolute atomic E-state index is 13.3. The first kappa shape index (κ1) is 29.4. The van der Waals surface area contributed by atoms with Crippen LogP contribution in [0.5, 0.6) is 17.4 Å². The summed E-state index contributed by atoms with van der Waals surface area (Å²) < 4.78 is 53.5. The number of halogens is 3. The molecule has 3 N–H and O–H groups in total. The number of aliphatic hydroxyl groups excluding tert-OH is 1. The molecular formula is C30H32F3N3O6. The van der Waals surface area contributed by atoms with Crippen LogP contribution in [-0.4, -0.2) is 65.1 Å². The van der Waals surface area contributed by atoms with Crippen molar-refractivity contribution in [1.82, 2.24) is 9.88 Å². The highest BCUT2D eigenvalue weighted by Crippen LogP contribution is 2.35. The molecule has 2 aromatic carbocycles. The lowest BCUT2D eigenvalue weighted by atomic mass is 9.85. The van der Waals surface area contributed by atoms with Gasteiger partial charge < -0.3 is 30.0 Å². The molecule has 9 nitrogen and oxygen atoms in total. The molecule has 1 saturated heterocycles. The van der Waals surface area contributed by atoms with Gasteiger partial charge in [-0.25, -0.2) is 4.98 Å². The maximum atomic E-state index is 13.3. The minimum Gasteiger partial charge on any atom is -0.497 e. The maximum Gasteiger partial charge on any atom is 0.573 e. The highest BCUT2D eigenvalue weighted by Gasteiger charge is 2.43. The van der Waals surface area contributed by atoms with E-state index in [4.69, 9.17) is 15.2 Å². The SMILES string of the molecule is COc1ccc2c(O[C@@H]3C[C@@H](C(N)=O)N(C(=O)[C@@H](O)C4CCCCC4)C3)nc(-c3ccc(OC(F)(F)F)cc3)cc2c1. The number of amides is 2. The second kappa shape index (κ2) is 12.0. The summed E-state index contributed by atoms with van der Waals surface area (Å²) in [6.45, 7) is 0.0310. The highest BCUT2D eigenvalue weighted by molar-refractivity contribution is 5.91. The number of ether oxygens (including phenoxy) is 3. The molecule has 224 valence electrons. The fourth-order valence-electron chi connectivity index (χ4n) is 5.77. The average Bonchev–Trinajstić information content (AvgIpc) is 3.40. The van der Waals surface area contributed by atoms with Gasteiger partial charge in [-0.3, -0.25) is 9.59 Å². The molecule has 1 aliphatic heterocycles. The summed E-state index contributed by atoms with van der Waals surface area (Å²) in [6.07, 6.45) is -2.12. The van der Waals surface area contributed by atoms with E-state index < -0.39 is 36.4 Å². The van der Waals surface area contributed by atoms with Gasteiger partial charge >= 0.3 is 6.36 Å². The average molecular weight is 588 g/mol. The molecule has 2 amide bonds. The lowest BCUT2D eigenvalue weighted by Gasteiger charge is -2.30. The number of pyridine rings is 1. The first-order valence-electron chi connectivity index (χ1n) is 13.8. The number of aliphatic hydroxyl groups is 1. The molecule has 0 bridgehead atoms. The van der Waals surface area contributed by atoms with Gasteiger partial charge in [0, 0.05) is 17.4 Å². The van der Waals surface area contributed by atoms with Gasteiger partial charge in [-0.15, -0.1) is 13.2 Å². The van der Waals surface area contributed by atoms with Crippen LogP contribution in [0.15, 0.2) is 48.5 Å². The monoisotopic (exact) mass is 587 g/mol. The molecule has 42 heavy (non-hydrogen) atoms. The largest absolute Gasteiger partial charge is 0.573 e. The van der Waals surface area contributed by atoms with Gasteiger partial charge in [0.2, 0.25) is 11.8 Å². The van der Waals surface area contributed by atoms with E-state index in [1.807, 2.05) is 0 Å². The molecule has 1 aromatic heterocycles. The summed E-state index contributed by atoms with van der Waals surface area (Å²) >= 11 is 0. The standard InChI is InChI=1S/C30H32F3N3O6/c1-40-21-11-12-23-19(13-21)14-24(17-7-9-20(10-8-17)42-30(31,32)33)35-28(23)41-22-15-25(27(34)38)36(16-22)29(39)26(37)18-5-3-2-4-6-18/h7-14,18,22,25-26,37H,2-6,15-16H2,1H3,(H2,34,38)/t22-,25+,26+/m1/s1. The van der Waals surface area contributed by atoms with Gasteiger partial charge in [0.1, 0.15) is 29.7 Å². The Kier molecular flexibility index (Phi) is 8.44. The summed E-state index contributed by atoms with van der Waals surface area (Å²) in [5.74, 6) is -0.977. The Bertz CT molecular complexity index is 1440. The molecule has 3 atom stereocenters. The molecule has 3 aromatic rings. The zero-order chi connectivity index (χ0) is 30.0. The minimum absolute atomic E-state index is 0.0310. The zero-order valence-corrected chi connectivity index (χ0v) is 23.0. The zero-order valence-electron chi connectivity index (χ0n) is 23.0. The second-order valence-electron chi connectivity index (χ2n) is 10.7. The minimum atomic E-state index is -4.81. The Morgan fingerprint density at radius 1 is 1.05 bits per heavy atom. The number of fused-ring (bicyclic) bond motifs is 1. The van der Waals surface area contributed by atoms with E-state index in [-0.39, 0.29) is 30.5 Å². The molecule has 2 aliphatic rings. The van der Waals surface area contributed by atoms with Crippen molar-refractivity contribution in [2.75, 3.05) is 13.7 Å². The van der Waals surface area contributed by atoms with Crippen LogP contribution in [0.1, 0.15) is 38.5 Å². The molecular weight excluding hydrogens is 555 g/mol. The molecule has 0 spiro atoms. The van der Waals surface area contributed by atoms with E-state index in [1.54, 1.807) is 24.3 Å². The van der Waals surface area contributed by atoms with Gasteiger partial charge in [-0.2, -0.15) is 0 Å². The molecule has 2 heterocycles. The van der Waals surface area contributed by atoms with Crippen LogP contribution < -0.4 is 19.9 Å². The molecule has 2 fully saturated rings. The molecule has 0 unspecified atom stereocenters. The number of hydrogen-bond acceptors (Lipinski definition) is 7. The number of rotatable bonds is 8. The van der Waals surface area contributed by atoms with Crippen LogP contribution in [0, 0.1) is 5.92 Å². The smallest absolute Gasteiger partial charge is 0.497 e. The van der Waals surface area contributed by atoms with Crippen LogP contribution in [0.4, 0.5) is 13.2 Å². The first-order chi connectivity index (χ1) is 20.0. The lowest BCUT2D eigenvalue weighted by molar-refractivity contribution is -0.274. The van der Waals surface area contributed by atoms with Crippen molar-refractivity contribution in [2.24, 2.45) is 11.7 Å². The van der Waals surface area contributed by atoms with Gasteiger partial charge in [0.15, 0.2) is 0 Å². The summed E-state index contributed by atoms with van der Waals surface area (Å²) in [5, 5.41) is 12.1. The number of aromatic nitrogens is 1. The van der Waals surface area contributed by atoms with Crippen molar-refractivity contribution in [3.63, 3.8) is 0 Å². The van der Waals surface area contributed by atoms with E-state index >= 15 is 0 Å². The van der Waals surface area contributed by atoms with E-state index in [2.05, 4.69) is 9.72 Å². The summed E-state index contributed by atoms with van der Waals surface area (Å²) in [5.41, 5.74) is 6.57. The third kappa shape index (κ3) is 6.53. The Labute approximate surface area is 240 Å². The summed E-state index contributed by atoms with van der Waals surface area (Å²) in [6, 6.07) is 11.3. The predicted octanol–water partition coefficient (Wildman–Crippen LogP) is 4.58. The fraction of sp³-hybridized carbons (Fsp3) is 0.433. The highest BCUT2D eigenvalue weighted by atomic mass is 19.4. The number of likely N-dealkylation sites (tertiary alicyclic amines) is 1. The molecule has 1 saturated carbocycles. The predicted molar refractivity (Wildman–Crippen MR) is 147 cm³/mol. The number of alkyl halides is 3. The molecule has 1 aliphatic carbocycles. The van der Waals surface area contributed by atoms with Gasteiger partial charge in [-0.1, -0.05) is 19.3 Å². The van der Waals surface area contributed by atoms with Gasteiger partial charge in [0.05, 0.1) is 19.3 Å². The Morgan fingerprint density at radius 3 is 2.38 bits per heavy atom. The van der Waals surface area contributed by atoms with Crippen molar-refractivity contribution in [3.05, 3.63) is 48.5 Å². The van der Waals surface area contributed by atoms with Gasteiger partial charge in [0.25, 0.3) is 5.91 Å². The van der Waals surface area contributed by atoms with Crippen LogP contribution >= 0.6 is 0 Å². The van der Waals surface area contributed by atoms with Crippen LogP contribution in [0.3, 0.4) is 0 Å². The van der Waals surface area contributed by atoms with E-state index in [1.165, 1.54) is 36.3 Å². The number of nitrogens with zero attached hydrogens (tertiary/aromatic N) is 2. The topological polar surface area (TPSA) is 124 Å². The fourth-order valence-corrected chi connectivity index (χ4v) is 5.77. The normalized spacial score (nSPS) is 20.4. The Balaban J connectivity index is 1.43. The number of methoxy groups -OCH3 is 1. The number of benzene rings is 2. The molecule has 0 radical (unpaired) electrons. The van der Waals surface area contributed by atoms with E-state index in [0.29, 0.717) is 27.8 Å². The molecule has 12 heteroatoms. The van der Waals surface area contributed by atoms with Crippen LogP contribution in [0.2, 0.25) is 0 Å². The van der Waals surface area contributed by atoms with E-state index in [0.717, 1.165) is 32.1 Å². The van der Waals surface area contributed by atoms with Gasteiger partial charge in [-0.05, 0) is 72.7 Å². The van der Waals surface area contributed by atoms with E-state index in [9.17, 15) is 27.9 Å². The van der Waals surface area contributed by atoms with Crippen LogP contribution in [-0.2, 0) is 9.59 Å². The summed E-state index contributed by atoms with van der Waals surface area (Å²) in [4.78, 5) is 31.6. The van der Waals surface area contributed by atoms with Crippen molar-refractivity contribution >= 4 is 22.6 Å². The number of carbonyl (C=O) groups is 2. The van der Waals surface area contributed by atoms with Crippen LogP contribution in [0.25, 0.3) is 22.0 Å². The summed E-state index contributed by atoms with van der Waals surface area (Å²) in [7, 11) is 1.52. The number of nitrogens with two attached hydrogens (primary N) is 1. The van der Waals surface area contributed by atoms with Crippen molar-refractivity contribution < 1.29 is 42.1 Å². The van der Waals surface area contributed by atoms with Crippen molar-refractivity contribution in [2.45, 2.75) is 63.1 Å². The Hall–Kier alpha value is -4.06. The number of hydrogen-bond donors (Lipinski definition) is 2. The second-order valence-corrected chi connectivity index (χ2v) is 10.7. The number of primary amides is 1. The quantitative estimate of drug-likeness (QED) is 0.395. The lowest BCUT2D eigenvalue weighted by Crippen LogP contribution is -2.49. The van der Waals surface area contributed by atoms with Crippen molar-refractivity contribution in [1.29, 1.82) is 0 Å². The Morgan fingerprint density at radius 2 is 1.74 bits per heavy atom. The molecule has 5 rings (SSSR count). The van der Waals surface area contributed by atoms with Crippen molar-refractivity contribution in [3.8, 4) is 28.6 Å². The number of carbonyl (C=O) groups excluding carboxylic acids is 2.